The molecule has 1 nitrogen and oxygen atoms in total. The second kappa shape index (κ2) is 3.53. The van der Waals surface area contributed by atoms with Crippen molar-refractivity contribution in [3.8, 4) is 0 Å². The maximum atomic E-state index is 2.55. The van der Waals surface area contributed by atoms with Gasteiger partial charge in [0.15, 0.2) is 0 Å². The molecular weight excluding hydrogens is 138 g/mol. The highest BCUT2D eigenvalue weighted by Gasteiger charge is 2.22. The van der Waals surface area contributed by atoms with Gasteiger partial charge in [-0.05, 0) is 19.5 Å². The molecule has 0 saturated heterocycles. The molecule has 0 heterocycles. The number of hydrogen-bond acceptors (Lipinski definition) is 1. The van der Waals surface area contributed by atoms with Crippen LogP contribution >= 0.6 is 0 Å². The smallest absolute Gasteiger partial charge is 0.119 e. The molecule has 0 spiro atoms. The normalized spacial score (nSPS) is 15.9. The summed E-state index contributed by atoms with van der Waals surface area (Å²) in [6.45, 7) is 11.7. The van der Waals surface area contributed by atoms with Crippen LogP contribution in [0.3, 0.4) is 0 Å². The third-order valence-electron chi connectivity index (χ3n) is 2.31. The van der Waals surface area contributed by atoms with Crippen molar-refractivity contribution >= 4 is 8.24 Å². The first-order chi connectivity index (χ1) is 4.39. The van der Waals surface area contributed by atoms with Gasteiger partial charge in [0.2, 0.25) is 0 Å². The van der Waals surface area contributed by atoms with Gasteiger partial charge in [0, 0.05) is 0 Å². The Kier molecular flexibility index (Phi) is 3.60. The lowest BCUT2D eigenvalue weighted by atomic mass is 10.3. The van der Waals surface area contributed by atoms with Crippen LogP contribution < -0.4 is 0 Å². The summed E-state index contributed by atoms with van der Waals surface area (Å²) in [4.78, 5) is 0. The minimum absolute atomic E-state index is 0.756. The average Bonchev–Trinajstić information content (AvgIpc) is 1.83. The lowest BCUT2D eigenvalue weighted by Crippen LogP contribution is -2.47. The molecule has 0 aliphatic carbocycles. The second-order valence-electron chi connectivity index (χ2n) is 4.04. The Labute approximate surface area is 66.5 Å². The Balaban J connectivity index is 3.94. The molecule has 0 aromatic rings. The van der Waals surface area contributed by atoms with Gasteiger partial charge in [-0.2, -0.15) is 0 Å². The molecule has 62 valence electrons. The quantitative estimate of drug-likeness (QED) is 0.572. The number of nitrogens with zero attached hydrogens (tertiary/aromatic N) is 1. The molecule has 0 aliphatic heterocycles. The third-order valence-corrected chi connectivity index (χ3v) is 4.87. The van der Waals surface area contributed by atoms with Crippen LogP contribution in [0.5, 0.6) is 0 Å². The molecule has 0 saturated carbocycles. The monoisotopic (exact) mass is 159 g/mol. The van der Waals surface area contributed by atoms with Crippen LogP contribution in [-0.4, -0.2) is 25.9 Å². The van der Waals surface area contributed by atoms with Crippen molar-refractivity contribution in [1.82, 2.24) is 4.57 Å². The van der Waals surface area contributed by atoms with E-state index in [1.54, 1.807) is 0 Å². The van der Waals surface area contributed by atoms with Crippen LogP contribution in [0.2, 0.25) is 19.6 Å². The summed E-state index contributed by atoms with van der Waals surface area (Å²) >= 11 is 0. The Morgan fingerprint density at radius 3 is 1.80 bits per heavy atom. The summed E-state index contributed by atoms with van der Waals surface area (Å²) in [6.07, 6.45) is 1.26. The average molecular weight is 159 g/mol. The van der Waals surface area contributed by atoms with Crippen molar-refractivity contribution < 1.29 is 0 Å². The first-order valence-electron chi connectivity index (χ1n) is 4.12. The van der Waals surface area contributed by atoms with Gasteiger partial charge in [-0.15, -0.1) is 0 Å². The summed E-state index contributed by atoms with van der Waals surface area (Å²) in [5.41, 5.74) is 0. The fraction of sp³-hybridized carbons (Fsp3) is 1.00. The highest BCUT2D eigenvalue weighted by atomic mass is 28.3. The van der Waals surface area contributed by atoms with E-state index in [1.807, 2.05) is 0 Å². The van der Waals surface area contributed by atoms with E-state index in [0.717, 1.165) is 6.04 Å². The zero-order chi connectivity index (χ0) is 8.36. The molecule has 1 unspecified atom stereocenters. The minimum Gasteiger partial charge on any atom is -0.324 e. The van der Waals surface area contributed by atoms with Gasteiger partial charge in [0.1, 0.15) is 8.24 Å². The highest BCUT2D eigenvalue weighted by molar-refractivity contribution is 6.73. The summed E-state index contributed by atoms with van der Waals surface area (Å²) < 4.78 is 2.55. The molecule has 0 radical (unpaired) electrons. The van der Waals surface area contributed by atoms with Crippen molar-refractivity contribution in [2.24, 2.45) is 0 Å². The number of hydrogen-bond donors (Lipinski definition) is 0. The molecule has 0 aromatic heterocycles. The van der Waals surface area contributed by atoms with Crippen molar-refractivity contribution in [2.45, 2.75) is 46.0 Å². The zero-order valence-electron chi connectivity index (χ0n) is 8.23. The zero-order valence-corrected chi connectivity index (χ0v) is 9.23. The molecule has 0 fully saturated rings. The van der Waals surface area contributed by atoms with Gasteiger partial charge in [-0.1, -0.05) is 33.5 Å². The molecule has 0 rings (SSSR count). The summed E-state index contributed by atoms with van der Waals surface area (Å²) in [7, 11) is 1.24. The largest absolute Gasteiger partial charge is 0.324 e. The predicted molar refractivity (Wildman–Crippen MR) is 50.9 cm³/mol. The summed E-state index contributed by atoms with van der Waals surface area (Å²) in [5.74, 6) is 0. The minimum atomic E-state index is -1.01. The Morgan fingerprint density at radius 1 is 1.30 bits per heavy atom. The van der Waals surface area contributed by atoms with E-state index in [-0.39, 0.29) is 0 Å². The van der Waals surface area contributed by atoms with E-state index in [4.69, 9.17) is 0 Å². The molecule has 10 heavy (non-hydrogen) atoms. The van der Waals surface area contributed by atoms with Gasteiger partial charge >= 0.3 is 0 Å². The van der Waals surface area contributed by atoms with Crippen LogP contribution in [0.1, 0.15) is 20.3 Å². The molecule has 0 aromatic carbocycles. The molecule has 0 amide bonds. The van der Waals surface area contributed by atoms with Gasteiger partial charge in [-0.3, -0.25) is 0 Å². The maximum Gasteiger partial charge on any atom is 0.119 e. The van der Waals surface area contributed by atoms with Crippen molar-refractivity contribution in [3.63, 3.8) is 0 Å². The highest BCUT2D eigenvalue weighted by Crippen LogP contribution is 2.12. The van der Waals surface area contributed by atoms with Gasteiger partial charge in [0.05, 0.1) is 0 Å². The second-order valence-corrected chi connectivity index (χ2v) is 9.09. The van der Waals surface area contributed by atoms with E-state index in [9.17, 15) is 0 Å². The van der Waals surface area contributed by atoms with Crippen LogP contribution in [0.15, 0.2) is 0 Å². The maximum absolute atomic E-state index is 2.55. The van der Waals surface area contributed by atoms with E-state index in [2.05, 4.69) is 45.1 Å². The van der Waals surface area contributed by atoms with E-state index in [1.165, 1.54) is 6.42 Å². The van der Waals surface area contributed by atoms with Gasteiger partial charge < -0.3 is 4.57 Å². The molecule has 0 N–H and O–H groups in total. The SMILES string of the molecule is CCC(C)N(C)[Si](C)(C)C. The lowest BCUT2D eigenvalue weighted by Gasteiger charge is -2.35. The molecule has 1 atom stereocenters. The standard InChI is InChI=1S/C8H21NSi/c1-7-8(2)9(3)10(4,5)6/h8H,7H2,1-6H3. The lowest BCUT2D eigenvalue weighted by molar-refractivity contribution is 0.384. The van der Waals surface area contributed by atoms with Crippen LogP contribution in [0.25, 0.3) is 0 Å². The van der Waals surface area contributed by atoms with Crippen LogP contribution in [0.4, 0.5) is 0 Å². The number of rotatable bonds is 3. The Bertz CT molecular complexity index is 95.9. The molecule has 0 bridgehead atoms. The van der Waals surface area contributed by atoms with Gasteiger partial charge in [0.25, 0.3) is 0 Å². The predicted octanol–water partition coefficient (Wildman–Crippen LogP) is 2.55. The fourth-order valence-electron chi connectivity index (χ4n) is 0.935. The van der Waals surface area contributed by atoms with Crippen molar-refractivity contribution in [2.75, 3.05) is 7.05 Å². The van der Waals surface area contributed by atoms with Crippen molar-refractivity contribution in [1.29, 1.82) is 0 Å². The van der Waals surface area contributed by atoms with E-state index in [0.29, 0.717) is 0 Å². The van der Waals surface area contributed by atoms with E-state index >= 15 is 0 Å². The molecule has 2 heteroatoms. The fourth-order valence-corrected chi connectivity index (χ4v) is 2.44. The Hall–Kier alpha value is 0.177. The topological polar surface area (TPSA) is 3.24 Å². The molecular formula is C8H21NSi. The van der Waals surface area contributed by atoms with Crippen LogP contribution in [0, 0.1) is 0 Å². The summed E-state index contributed by atoms with van der Waals surface area (Å²) in [5, 5.41) is 0. The summed E-state index contributed by atoms with van der Waals surface area (Å²) in [6, 6.07) is 0.756. The van der Waals surface area contributed by atoms with Crippen molar-refractivity contribution in [3.05, 3.63) is 0 Å². The van der Waals surface area contributed by atoms with E-state index < -0.39 is 8.24 Å². The van der Waals surface area contributed by atoms with Crippen LogP contribution in [-0.2, 0) is 0 Å². The Morgan fingerprint density at radius 2 is 1.70 bits per heavy atom. The molecule has 0 aliphatic rings. The first kappa shape index (κ1) is 10.2. The van der Waals surface area contributed by atoms with Gasteiger partial charge in [-0.25, -0.2) is 0 Å². The third kappa shape index (κ3) is 2.84. The first-order valence-corrected chi connectivity index (χ1v) is 7.57.